The second-order valence-electron chi connectivity index (χ2n) is 5.53. The Labute approximate surface area is 141 Å². The zero-order chi connectivity index (χ0) is 16.0. The number of carbonyl (C=O) groups is 2. The largest absolute Gasteiger partial charge is 0.485 e. The second-order valence-corrected chi connectivity index (χ2v) is 6.44. The molecule has 2 aromatic carbocycles. The van der Waals surface area contributed by atoms with Gasteiger partial charge in [0.1, 0.15) is 11.9 Å². The molecule has 0 saturated heterocycles. The van der Waals surface area contributed by atoms with Crippen molar-refractivity contribution in [2.75, 3.05) is 18.4 Å². The van der Waals surface area contributed by atoms with Crippen molar-refractivity contribution in [1.29, 1.82) is 0 Å². The lowest BCUT2D eigenvalue weighted by atomic mass is 10.1. The van der Waals surface area contributed by atoms with Crippen molar-refractivity contribution in [3.8, 4) is 5.75 Å². The van der Waals surface area contributed by atoms with Crippen LogP contribution in [0, 0.1) is 0 Å². The minimum Gasteiger partial charge on any atom is -0.485 e. The molecule has 0 spiro atoms. The molecular formula is C17H13BrN2O3. The Balaban J connectivity index is 1.53. The number of carbonyl (C=O) groups excluding carboxylic acids is 2. The number of imide groups is 1. The number of amides is 2. The van der Waals surface area contributed by atoms with Crippen molar-refractivity contribution >= 4 is 33.4 Å². The molecule has 116 valence electrons. The van der Waals surface area contributed by atoms with Crippen LogP contribution in [0.5, 0.6) is 5.75 Å². The van der Waals surface area contributed by atoms with Gasteiger partial charge < -0.3 is 10.1 Å². The summed E-state index contributed by atoms with van der Waals surface area (Å²) in [5.74, 6) is 0.215. The molecule has 4 rings (SSSR count). The Hall–Kier alpha value is -2.34. The van der Waals surface area contributed by atoms with E-state index < -0.39 is 0 Å². The molecule has 2 amide bonds. The third kappa shape index (κ3) is 2.39. The van der Waals surface area contributed by atoms with Crippen LogP contribution in [0.15, 0.2) is 46.9 Å². The fourth-order valence-electron chi connectivity index (χ4n) is 2.90. The van der Waals surface area contributed by atoms with Crippen molar-refractivity contribution in [3.63, 3.8) is 0 Å². The van der Waals surface area contributed by atoms with Gasteiger partial charge in [-0.1, -0.05) is 28.1 Å². The number of rotatable bonds is 2. The number of ether oxygens (including phenoxy) is 1. The number of halogens is 1. The van der Waals surface area contributed by atoms with Gasteiger partial charge in [0.2, 0.25) is 0 Å². The van der Waals surface area contributed by atoms with Crippen LogP contribution >= 0.6 is 15.9 Å². The summed E-state index contributed by atoms with van der Waals surface area (Å²) >= 11 is 3.42. The topological polar surface area (TPSA) is 58.6 Å². The highest BCUT2D eigenvalue weighted by atomic mass is 79.9. The number of benzene rings is 2. The predicted molar refractivity (Wildman–Crippen MR) is 88.9 cm³/mol. The summed E-state index contributed by atoms with van der Waals surface area (Å²) in [7, 11) is 0. The molecule has 1 N–H and O–H groups in total. The highest BCUT2D eigenvalue weighted by Crippen LogP contribution is 2.32. The van der Waals surface area contributed by atoms with Crippen LogP contribution in [-0.2, 0) is 0 Å². The van der Waals surface area contributed by atoms with Crippen LogP contribution in [0.1, 0.15) is 20.7 Å². The molecule has 2 aliphatic rings. The Morgan fingerprint density at radius 1 is 1.13 bits per heavy atom. The fraction of sp³-hybridized carbons (Fsp3) is 0.176. The monoisotopic (exact) mass is 372 g/mol. The molecule has 1 unspecified atom stereocenters. The van der Waals surface area contributed by atoms with Gasteiger partial charge in [-0.25, -0.2) is 0 Å². The number of hydrogen-bond donors (Lipinski definition) is 1. The Bertz CT molecular complexity index is 786. The van der Waals surface area contributed by atoms with Gasteiger partial charge in [-0.2, -0.15) is 0 Å². The van der Waals surface area contributed by atoms with Crippen molar-refractivity contribution in [1.82, 2.24) is 4.90 Å². The predicted octanol–water partition coefficient (Wildman–Crippen LogP) is 2.92. The molecule has 23 heavy (non-hydrogen) atoms. The number of nitrogens with zero attached hydrogens (tertiary/aromatic N) is 1. The zero-order valence-electron chi connectivity index (χ0n) is 12.1. The molecule has 0 bridgehead atoms. The SMILES string of the molecule is O=C1c2ccccc2C(=O)N1CC1CNc2cc(Br)ccc2O1. The van der Waals surface area contributed by atoms with E-state index in [0.717, 1.165) is 15.9 Å². The lowest BCUT2D eigenvalue weighted by Gasteiger charge is -2.29. The summed E-state index contributed by atoms with van der Waals surface area (Å²) in [6.07, 6.45) is -0.272. The molecule has 0 saturated carbocycles. The standard InChI is InChI=1S/C17H13BrN2O3/c18-10-5-6-15-14(7-10)19-8-11(23-15)9-20-16(21)12-3-1-2-4-13(12)17(20)22/h1-7,11,19H,8-9H2. The smallest absolute Gasteiger partial charge is 0.261 e. The van der Waals surface area contributed by atoms with E-state index in [-0.39, 0.29) is 24.5 Å². The van der Waals surface area contributed by atoms with Gasteiger partial charge in [0.15, 0.2) is 0 Å². The average molecular weight is 373 g/mol. The van der Waals surface area contributed by atoms with Gasteiger partial charge in [0.25, 0.3) is 11.8 Å². The third-order valence-electron chi connectivity index (χ3n) is 4.02. The maximum atomic E-state index is 12.4. The second kappa shape index (κ2) is 5.38. The normalized spacial score (nSPS) is 19.0. The summed E-state index contributed by atoms with van der Waals surface area (Å²) in [6.45, 7) is 0.770. The van der Waals surface area contributed by atoms with E-state index in [2.05, 4.69) is 21.2 Å². The molecule has 2 heterocycles. The molecule has 0 fully saturated rings. The van der Waals surface area contributed by atoms with E-state index in [0.29, 0.717) is 17.7 Å². The lowest BCUT2D eigenvalue weighted by molar-refractivity contribution is 0.0576. The van der Waals surface area contributed by atoms with E-state index in [1.165, 1.54) is 4.90 Å². The third-order valence-corrected chi connectivity index (χ3v) is 4.51. The van der Waals surface area contributed by atoms with Gasteiger partial charge in [0, 0.05) is 4.47 Å². The first-order valence-corrected chi connectivity index (χ1v) is 8.08. The van der Waals surface area contributed by atoms with Gasteiger partial charge in [-0.05, 0) is 30.3 Å². The van der Waals surface area contributed by atoms with Gasteiger partial charge in [-0.15, -0.1) is 0 Å². The number of nitrogens with one attached hydrogen (secondary N) is 1. The minimum absolute atomic E-state index is 0.231. The van der Waals surface area contributed by atoms with Gasteiger partial charge >= 0.3 is 0 Å². The molecule has 6 heteroatoms. The average Bonchev–Trinajstić information content (AvgIpc) is 2.80. The molecule has 1 atom stereocenters. The molecule has 0 radical (unpaired) electrons. The van der Waals surface area contributed by atoms with E-state index in [1.807, 2.05) is 18.2 Å². The fourth-order valence-corrected chi connectivity index (χ4v) is 3.26. The maximum Gasteiger partial charge on any atom is 0.261 e. The van der Waals surface area contributed by atoms with Crippen LogP contribution in [0.4, 0.5) is 5.69 Å². The molecule has 0 aliphatic carbocycles. The van der Waals surface area contributed by atoms with E-state index in [9.17, 15) is 9.59 Å². The van der Waals surface area contributed by atoms with Crippen LogP contribution in [0.3, 0.4) is 0 Å². The van der Waals surface area contributed by atoms with Crippen LogP contribution in [0.2, 0.25) is 0 Å². The van der Waals surface area contributed by atoms with E-state index in [4.69, 9.17) is 4.74 Å². The molecular weight excluding hydrogens is 360 g/mol. The van der Waals surface area contributed by atoms with Crippen LogP contribution in [0.25, 0.3) is 0 Å². The summed E-state index contributed by atoms with van der Waals surface area (Å²) in [6, 6.07) is 12.6. The minimum atomic E-state index is -0.272. The first kappa shape index (κ1) is 14.3. The van der Waals surface area contributed by atoms with Gasteiger partial charge in [0.05, 0.1) is 29.9 Å². The van der Waals surface area contributed by atoms with Gasteiger partial charge in [-0.3, -0.25) is 14.5 Å². The lowest BCUT2D eigenvalue weighted by Crippen LogP contribution is -2.44. The molecule has 0 aromatic heterocycles. The molecule has 5 nitrogen and oxygen atoms in total. The highest BCUT2D eigenvalue weighted by molar-refractivity contribution is 9.10. The molecule has 2 aliphatic heterocycles. The zero-order valence-corrected chi connectivity index (χ0v) is 13.7. The molecule has 2 aromatic rings. The summed E-state index contributed by atoms with van der Waals surface area (Å²) in [5, 5.41) is 3.27. The number of anilines is 1. The van der Waals surface area contributed by atoms with Crippen molar-refractivity contribution < 1.29 is 14.3 Å². The van der Waals surface area contributed by atoms with Crippen LogP contribution in [-0.4, -0.2) is 35.9 Å². The van der Waals surface area contributed by atoms with E-state index >= 15 is 0 Å². The first-order valence-electron chi connectivity index (χ1n) is 7.29. The maximum absolute atomic E-state index is 12.4. The summed E-state index contributed by atoms with van der Waals surface area (Å²) in [5.41, 5.74) is 1.83. The Kier molecular flexibility index (Phi) is 3.34. The van der Waals surface area contributed by atoms with Crippen molar-refractivity contribution in [2.24, 2.45) is 0 Å². The van der Waals surface area contributed by atoms with E-state index in [1.54, 1.807) is 24.3 Å². The Morgan fingerprint density at radius 2 is 1.83 bits per heavy atom. The summed E-state index contributed by atoms with van der Waals surface area (Å²) < 4.78 is 6.88. The van der Waals surface area contributed by atoms with Crippen LogP contribution < -0.4 is 10.1 Å². The van der Waals surface area contributed by atoms with Crippen molar-refractivity contribution in [2.45, 2.75) is 6.10 Å². The highest BCUT2D eigenvalue weighted by Gasteiger charge is 2.37. The first-order chi connectivity index (χ1) is 11.1. The van der Waals surface area contributed by atoms with Crippen molar-refractivity contribution in [3.05, 3.63) is 58.1 Å². The number of hydrogen-bond acceptors (Lipinski definition) is 4. The summed E-state index contributed by atoms with van der Waals surface area (Å²) in [4.78, 5) is 26.1. The number of fused-ring (bicyclic) bond motifs is 2. The Morgan fingerprint density at radius 3 is 2.52 bits per heavy atom. The quantitative estimate of drug-likeness (QED) is 0.823.